The lowest BCUT2D eigenvalue weighted by atomic mass is 10.0. The number of phenolic OH excluding ortho intramolecular Hbond substituents is 1. The number of rotatable bonds is 3. The molecule has 4 heteroatoms. The van der Waals surface area contributed by atoms with E-state index in [4.69, 9.17) is 0 Å². The average Bonchev–Trinajstić information content (AvgIpc) is 2.29. The summed E-state index contributed by atoms with van der Waals surface area (Å²) < 4.78 is 13.3. The number of nitrogens with one attached hydrogen (secondary N) is 1. The molecule has 0 fully saturated rings. The lowest BCUT2D eigenvalue weighted by Gasteiger charge is -2.06. The number of carbonyl (C=O) groups excluding carboxylic acids is 1. The third kappa shape index (κ3) is 2.42. The van der Waals surface area contributed by atoms with Crippen LogP contribution < -0.4 is 5.32 Å². The first kappa shape index (κ1) is 11.1. The zero-order chi connectivity index (χ0) is 12.3. The monoisotopic (exact) mass is 230 g/mol. The SMILES string of the molecule is O=CNc1cc(F)cc(-c2[c]cccc2O)c1. The van der Waals surface area contributed by atoms with E-state index < -0.39 is 5.82 Å². The number of hydrogen-bond acceptors (Lipinski definition) is 2. The zero-order valence-electron chi connectivity index (χ0n) is 8.77. The molecule has 2 aromatic carbocycles. The van der Waals surface area contributed by atoms with E-state index in [0.29, 0.717) is 23.2 Å². The van der Waals surface area contributed by atoms with Gasteiger partial charge in [0, 0.05) is 11.3 Å². The van der Waals surface area contributed by atoms with Crippen LogP contribution in [0.15, 0.2) is 36.4 Å². The highest BCUT2D eigenvalue weighted by atomic mass is 19.1. The molecule has 0 saturated heterocycles. The first-order valence-corrected chi connectivity index (χ1v) is 4.91. The summed E-state index contributed by atoms with van der Waals surface area (Å²) in [5, 5.41) is 12.0. The van der Waals surface area contributed by atoms with Crippen LogP contribution in [0, 0.1) is 11.9 Å². The van der Waals surface area contributed by atoms with Gasteiger partial charge in [0.25, 0.3) is 0 Å². The maximum absolute atomic E-state index is 13.3. The Labute approximate surface area is 97.5 Å². The van der Waals surface area contributed by atoms with Crippen LogP contribution in [-0.4, -0.2) is 11.5 Å². The van der Waals surface area contributed by atoms with E-state index in [-0.39, 0.29) is 5.75 Å². The van der Waals surface area contributed by atoms with E-state index in [2.05, 4.69) is 11.4 Å². The van der Waals surface area contributed by atoms with Crippen molar-refractivity contribution in [1.82, 2.24) is 0 Å². The van der Waals surface area contributed by atoms with Crippen LogP contribution in [0.3, 0.4) is 0 Å². The summed E-state index contributed by atoms with van der Waals surface area (Å²) in [6, 6.07) is 11.6. The second-order valence-electron chi connectivity index (χ2n) is 3.42. The van der Waals surface area contributed by atoms with Crippen LogP contribution in [0.2, 0.25) is 0 Å². The third-order valence-corrected chi connectivity index (χ3v) is 2.25. The van der Waals surface area contributed by atoms with Crippen LogP contribution in [0.25, 0.3) is 11.1 Å². The number of phenols is 1. The van der Waals surface area contributed by atoms with E-state index in [1.807, 2.05) is 0 Å². The highest BCUT2D eigenvalue weighted by Crippen LogP contribution is 2.30. The fraction of sp³-hybridized carbons (Fsp3) is 0. The Bertz CT molecular complexity index is 555. The Morgan fingerprint density at radius 1 is 1.35 bits per heavy atom. The van der Waals surface area contributed by atoms with Gasteiger partial charge in [-0.3, -0.25) is 4.79 Å². The van der Waals surface area contributed by atoms with Gasteiger partial charge in [0.15, 0.2) is 0 Å². The number of aromatic hydroxyl groups is 1. The summed E-state index contributed by atoms with van der Waals surface area (Å²) in [6.07, 6.45) is 0.465. The predicted molar refractivity (Wildman–Crippen MR) is 62.0 cm³/mol. The van der Waals surface area contributed by atoms with Crippen molar-refractivity contribution in [3.05, 3.63) is 48.3 Å². The minimum atomic E-state index is -0.497. The molecule has 0 aromatic heterocycles. The summed E-state index contributed by atoms with van der Waals surface area (Å²) >= 11 is 0. The van der Waals surface area contributed by atoms with E-state index in [0.717, 1.165) is 0 Å². The normalized spacial score (nSPS) is 9.94. The number of carbonyl (C=O) groups is 1. The Kier molecular flexibility index (Phi) is 3.05. The fourth-order valence-corrected chi connectivity index (χ4v) is 1.54. The second-order valence-corrected chi connectivity index (χ2v) is 3.42. The van der Waals surface area contributed by atoms with Crippen LogP contribution in [0.1, 0.15) is 0 Å². The van der Waals surface area contributed by atoms with Gasteiger partial charge in [-0.2, -0.15) is 0 Å². The molecule has 2 N–H and O–H groups in total. The van der Waals surface area contributed by atoms with Gasteiger partial charge in [0.2, 0.25) is 6.41 Å². The molecule has 0 heterocycles. The summed E-state index contributed by atoms with van der Waals surface area (Å²) in [5.74, 6) is -0.487. The molecule has 0 bridgehead atoms. The lowest BCUT2D eigenvalue weighted by Crippen LogP contribution is -1.95. The topological polar surface area (TPSA) is 49.3 Å². The number of anilines is 1. The Balaban J connectivity index is 2.52. The molecule has 17 heavy (non-hydrogen) atoms. The van der Waals surface area contributed by atoms with Gasteiger partial charge < -0.3 is 10.4 Å². The van der Waals surface area contributed by atoms with Crippen LogP contribution in [0.5, 0.6) is 5.75 Å². The third-order valence-electron chi connectivity index (χ3n) is 2.25. The van der Waals surface area contributed by atoms with Crippen molar-refractivity contribution in [3.8, 4) is 16.9 Å². The first-order valence-electron chi connectivity index (χ1n) is 4.91. The summed E-state index contributed by atoms with van der Waals surface area (Å²) in [6.45, 7) is 0. The fourth-order valence-electron chi connectivity index (χ4n) is 1.54. The minimum Gasteiger partial charge on any atom is -0.507 e. The first-order chi connectivity index (χ1) is 8.20. The standard InChI is InChI=1S/C13H9FNO2/c14-10-5-9(6-11(7-10)15-8-16)12-3-1-2-4-13(12)17/h1-2,4-8,17H,(H,15,16). The number of amides is 1. The van der Waals surface area contributed by atoms with Gasteiger partial charge >= 0.3 is 0 Å². The summed E-state index contributed by atoms with van der Waals surface area (Å²) in [7, 11) is 0. The number of hydrogen-bond donors (Lipinski definition) is 2. The Hall–Kier alpha value is -2.36. The minimum absolute atomic E-state index is 0.00940. The molecule has 1 radical (unpaired) electrons. The predicted octanol–water partition coefficient (Wildman–Crippen LogP) is 2.57. The van der Waals surface area contributed by atoms with Crippen LogP contribution in [0.4, 0.5) is 10.1 Å². The zero-order valence-corrected chi connectivity index (χ0v) is 8.77. The maximum atomic E-state index is 13.3. The highest BCUT2D eigenvalue weighted by Gasteiger charge is 2.06. The van der Waals surface area contributed by atoms with Gasteiger partial charge in [-0.05, 0) is 35.9 Å². The molecule has 3 nitrogen and oxygen atoms in total. The smallest absolute Gasteiger partial charge is 0.211 e. The maximum Gasteiger partial charge on any atom is 0.211 e. The molecule has 0 aliphatic rings. The molecule has 0 unspecified atom stereocenters. The van der Waals surface area contributed by atoms with Crippen molar-refractivity contribution in [1.29, 1.82) is 0 Å². The Morgan fingerprint density at radius 3 is 2.88 bits per heavy atom. The highest BCUT2D eigenvalue weighted by molar-refractivity contribution is 5.77. The molecular formula is C13H9FNO2. The van der Waals surface area contributed by atoms with Crippen molar-refractivity contribution in [2.75, 3.05) is 5.32 Å². The molecule has 2 aromatic rings. The summed E-state index contributed by atoms with van der Waals surface area (Å²) in [5.41, 5.74) is 1.17. The van der Waals surface area contributed by atoms with Crippen molar-refractivity contribution >= 4 is 12.1 Å². The molecule has 0 saturated carbocycles. The largest absolute Gasteiger partial charge is 0.507 e. The average molecular weight is 230 g/mol. The van der Waals surface area contributed by atoms with Crippen molar-refractivity contribution in [2.24, 2.45) is 0 Å². The van der Waals surface area contributed by atoms with Gasteiger partial charge in [-0.15, -0.1) is 0 Å². The van der Waals surface area contributed by atoms with E-state index in [1.54, 1.807) is 18.2 Å². The molecule has 1 amide bonds. The lowest BCUT2D eigenvalue weighted by molar-refractivity contribution is -0.105. The molecule has 0 aliphatic heterocycles. The molecule has 2 rings (SSSR count). The molecular weight excluding hydrogens is 221 g/mol. The van der Waals surface area contributed by atoms with Gasteiger partial charge in [0.05, 0.1) is 0 Å². The van der Waals surface area contributed by atoms with E-state index in [1.165, 1.54) is 18.2 Å². The number of benzene rings is 2. The Morgan fingerprint density at radius 2 is 2.18 bits per heavy atom. The molecule has 0 aliphatic carbocycles. The number of halogens is 1. The van der Waals surface area contributed by atoms with E-state index >= 15 is 0 Å². The van der Waals surface area contributed by atoms with Crippen molar-refractivity contribution in [3.63, 3.8) is 0 Å². The van der Waals surface area contributed by atoms with Crippen LogP contribution in [-0.2, 0) is 4.79 Å². The molecule has 0 atom stereocenters. The summed E-state index contributed by atoms with van der Waals surface area (Å²) in [4.78, 5) is 10.3. The van der Waals surface area contributed by atoms with Gasteiger partial charge in [-0.25, -0.2) is 4.39 Å². The van der Waals surface area contributed by atoms with Crippen LogP contribution >= 0.6 is 0 Å². The van der Waals surface area contributed by atoms with Crippen molar-refractivity contribution in [2.45, 2.75) is 0 Å². The van der Waals surface area contributed by atoms with Gasteiger partial charge in [0.1, 0.15) is 11.6 Å². The second kappa shape index (κ2) is 4.65. The van der Waals surface area contributed by atoms with E-state index in [9.17, 15) is 14.3 Å². The quantitative estimate of drug-likeness (QED) is 0.796. The van der Waals surface area contributed by atoms with Gasteiger partial charge in [-0.1, -0.05) is 12.1 Å². The molecule has 0 spiro atoms. The van der Waals surface area contributed by atoms with Crippen molar-refractivity contribution < 1.29 is 14.3 Å². The molecule has 85 valence electrons.